The zero-order valence-corrected chi connectivity index (χ0v) is 17.9. The molecule has 1 aromatic rings. The molecule has 1 aromatic heterocycles. The Kier molecular flexibility index (Phi) is 8.49. The first-order valence-corrected chi connectivity index (χ1v) is 8.57. The van der Waals surface area contributed by atoms with E-state index in [4.69, 9.17) is 4.42 Å². The smallest absolute Gasteiger partial charge is 0.213 e. The number of hydrogen-bond acceptors (Lipinski definition) is 4. The van der Waals surface area contributed by atoms with Crippen molar-refractivity contribution in [1.82, 2.24) is 20.5 Å². The minimum absolute atomic E-state index is 0. The van der Waals surface area contributed by atoms with Gasteiger partial charge in [-0.15, -0.1) is 24.0 Å². The maximum Gasteiger partial charge on any atom is 0.213 e. The van der Waals surface area contributed by atoms with Crippen LogP contribution in [-0.2, 0) is 12.0 Å². The van der Waals surface area contributed by atoms with Crippen LogP contribution in [-0.4, -0.2) is 48.6 Å². The van der Waals surface area contributed by atoms with Crippen LogP contribution < -0.4 is 10.6 Å². The van der Waals surface area contributed by atoms with Crippen LogP contribution in [0.1, 0.15) is 52.2 Å². The Balaban J connectivity index is 0.00000288. The van der Waals surface area contributed by atoms with Crippen molar-refractivity contribution in [2.45, 2.75) is 58.5 Å². The molecule has 0 aromatic carbocycles. The zero-order valence-electron chi connectivity index (χ0n) is 15.6. The van der Waals surface area contributed by atoms with Crippen molar-refractivity contribution in [3.8, 4) is 0 Å². The lowest BCUT2D eigenvalue weighted by molar-refractivity contribution is 0.267. The Labute approximate surface area is 162 Å². The van der Waals surface area contributed by atoms with Crippen LogP contribution in [0.4, 0.5) is 0 Å². The first-order chi connectivity index (χ1) is 10.9. The normalized spacial score (nSPS) is 19.2. The number of nitrogens with one attached hydrogen (secondary N) is 2. The Hall–Kier alpha value is -0.830. The molecule has 1 saturated heterocycles. The molecule has 7 heteroatoms. The van der Waals surface area contributed by atoms with Crippen LogP contribution in [0.15, 0.2) is 15.6 Å². The standard InChI is InChI=1S/C17H31N5O.HI/c1-6-22-9-7-8-13(22)10-20-16(18-5)21-12-15-19-11-14(23-15)17(2,3)4;/h11,13H,6-10,12H2,1-5H3,(H2,18,20,21);1H. The van der Waals surface area contributed by atoms with Gasteiger partial charge in [-0.3, -0.25) is 9.89 Å². The summed E-state index contributed by atoms with van der Waals surface area (Å²) in [4.78, 5) is 11.1. The molecule has 0 bridgehead atoms. The van der Waals surface area contributed by atoms with Crippen molar-refractivity contribution >= 4 is 29.9 Å². The van der Waals surface area contributed by atoms with E-state index in [0.717, 1.165) is 24.8 Å². The third-order valence-corrected chi connectivity index (χ3v) is 4.33. The van der Waals surface area contributed by atoms with Gasteiger partial charge in [0, 0.05) is 25.0 Å². The maximum atomic E-state index is 5.79. The SMILES string of the molecule is CCN1CCCC1CNC(=NC)NCc1ncc(C(C)(C)C)o1.I. The molecule has 2 rings (SSSR count). The van der Waals surface area contributed by atoms with E-state index in [1.54, 1.807) is 7.05 Å². The number of oxazole rings is 1. The van der Waals surface area contributed by atoms with Crippen molar-refractivity contribution in [3.05, 3.63) is 17.8 Å². The first-order valence-electron chi connectivity index (χ1n) is 8.57. The third kappa shape index (κ3) is 5.91. The molecular weight excluding hydrogens is 417 g/mol. The van der Waals surface area contributed by atoms with E-state index in [0.29, 0.717) is 18.5 Å². The fraction of sp³-hybridized carbons (Fsp3) is 0.765. The number of hydrogen-bond donors (Lipinski definition) is 2. The molecule has 0 saturated carbocycles. The van der Waals surface area contributed by atoms with Crippen molar-refractivity contribution in [3.63, 3.8) is 0 Å². The number of likely N-dealkylation sites (tertiary alicyclic amines) is 1. The van der Waals surface area contributed by atoms with E-state index in [-0.39, 0.29) is 29.4 Å². The van der Waals surface area contributed by atoms with Gasteiger partial charge in [0.2, 0.25) is 5.89 Å². The minimum atomic E-state index is -0.0166. The van der Waals surface area contributed by atoms with Crippen LogP contribution in [0.3, 0.4) is 0 Å². The summed E-state index contributed by atoms with van der Waals surface area (Å²) in [5, 5.41) is 6.68. The topological polar surface area (TPSA) is 65.7 Å². The molecule has 2 N–H and O–H groups in total. The average Bonchev–Trinajstić information content (AvgIpc) is 3.15. The molecule has 1 aliphatic rings. The van der Waals surface area contributed by atoms with Crippen molar-refractivity contribution in [2.75, 3.05) is 26.7 Å². The largest absolute Gasteiger partial charge is 0.443 e. The lowest BCUT2D eigenvalue weighted by atomic mass is 9.94. The number of aliphatic imine (C=N–C) groups is 1. The first kappa shape index (κ1) is 21.2. The molecular formula is C17H32IN5O. The predicted molar refractivity (Wildman–Crippen MR) is 109 cm³/mol. The fourth-order valence-corrected chi connectivity index (χ4v) is 2.88. The van der Waals surface area contributed by atoms with Gasteiger partial charge >= 0.3 is 0 Å². The molecule has 6 nitrogen and oxygen atoms in total. The summed E-state index contributed by atoms with van der Waals surface area (Å²) in [5.41, 5.74) is -0.0166. The summed E-state index contributed by atoms with van der Waals surface area (Å²) in [6, 6.07) is 0.604. The van der Waals surface area contributed by atoms with Crippen molar-refractivity contribution < 1.29 is 4.42 Å². The highest BCUT2D eigenvalue weighted by Crippen LogP contribution is 2.22. The number of aromatic nitrogens is 1. The van der Waals surface area contributed by atoms with Crippen LogP contribution in [0.5, 0.6) is 0 Å². The van der Waals surface area contributed by atoms with E-state index in [1.807, 2.05) is 6.20 Å². The molecule has 0 aliphatic carbocycles. The van der Waals surface area contributed by atoms with E-state index in [9.17, 15) is 0 Å². The number of likely N-dealkylation sites (N-methyl/N-ethyl adjacent to an activating group) is 1. The molecule has 2 heterocycles. The van der Waals surface area contributed by atoms with Gasteiger partial charge in [-0.1, -0.05) is 27.7 Å². The van der Waals surface area contributed by atoms with E-state index in [2.05, 4.69) is 53.2 Å². The van der Waals surface area contributed by atoms with Crippen LogP contribution in [0.25, 0.3) is 0 Å². The van der Waals surface area contributed by atoms with Gasteiger partial charge < -0.3 is 15.1 Å². The molecule has 0 amide bonds. The maximum absolute atomic E-state index is 5.79. The zero-order chi connectivity index (χ0) is 16.9. The van der Waals surface area contributed by atoms with Crippen LogP contribution in [0.2, 0.25) is 0 Å². The average molecular weight is 449 g/mol. The Morgan fingerprint density at radius 1 is 1.42 bits per heavy atom. The molecule has 1 unspecified atom stereocenters. The molecule has 24 heavy (non-hydrogen) atoms. The summed E-state index contributed by atoms with van der Waals surface area (Å²) in [7, 11) is 1.79. The number of rotatable bonds is 5. The summed E-state index contributed by atoms with van der Waals surface area (Å²) >= 11 is 0. The number of nitrogens with zero attached hydrogens (tertiary/aromatic N) is 3. The monoisotopic (exact) mass is 449 g/mol. The molecule has 1 fully saturated rings. The van der Waals surface area contributed by atoms with Gasteiger partial charge in [-0.2, -0.15) is 0 Å². The molecule has 1 aliphatic heterocycles. The highest BCUT2D eigenvalue weighted by atomic mass is 127. The molecule has 0 radical (unpaired) electrons. The quantitative estimate of drug-likeness (QED) is 0.411. The number of guanidine groups is 1. The third-order valence-electron chi connectivity index (χ3n) is 4.33. The van der Waals surface area contributed by atoms with Gasteiger partial charge in [-0.25, -0.2) is 4.98 Å². The Morgan fingerprint density at radius 3 is 2.75 bits per heavy atom. The minimum Gasteiger partial charge on any atom is -0.443 e. The highest BCUT2D eigenvalue weighted by molar-refractivity contribution is 14.0. The lowest BCUT2D eigenvalue weighted by Crippen LogP contribution is -2.44. The van der Waals surface area contributed by atoms with Gasteiger partial charge in [0.25, 0.3) is 0 Å². The van der Waals surface area contributed by atoms with Crippen molar-refractivity contribution in [2.24, 2.45) is 4.99 Å². The lowest BCUT2D eigenvalue weighted by Gasteiger charge is -2.23. The summed E-state index contributed by atoms with van der Waals surface area (Å²) in [6.45, 7) is 12.4. The van der Waals surface area contributed by atoms with E-state index >= 15 is 0 Å². The van der Waals surface area contributed by atoms with Crippen LogP contribution >= 0.6 is 24.0 Å². The molecule has 0 spiro atoms. The van der Waals surface area contributed by atoms with Crippen LogP contribution in [0, 0.1) is 0 Å². The number of halogens is 1. The van der Waals surface area contributed by atoms with Gasteiger partial charge in [0.1, 0.15) is 5.76 Å². The molecule has 138 valence electrons. The highest BCUT2D eigenvalue weighted by Gasteiger charge is 2.23. The predicted octanol–water partition coefficient (Wildman–Crippen LogP) is 2.74. The molecule has 1 atom stereocenters. The van der Waals surface area contributed by atoms with Crippen molar-refractivity contribution in [1.29, 1.82) is 0 Å². The summed E-state index contributed by atoms with van der Waals surface area (Å²) in [5.74, 6) is 2.39. The second kappa shape index (κ2) is 9.60. The fourth-order valence-electron chi connectivity index (χ4n) is 2.88. The second-order valence-electron chi connectivity index (χ2n) is 7.10. The second-order valence-corrected chi connectivity index (χ2v) is 7.10. The Bertz CT molecular complexity index is 523. The van der Waals surface area contributed by atoms with Gasteiger partial charge in [0.05, 0.1) is 12.7 Å². The van der Waals surface area contributed by atoms with E-state index in [1.165, 1.54) is 19.4 Å². The van der Waals surface area contributed by atoms with Gasteiger partial charge in [0.15, 0.2) is 5.96 Å². The van der Waals surface area contributed by atoms with Gasteiger partial charge in [-0.05, 0) is 25.9 Å². The summed E-state index contributed by atoms with van der Waals surface area (Å²) in [6.07, 6.45) is 4.36. The summed E-state index contributed by atoms with van der Waals surface area (Å²) < 4.78 is 5.79. The van der Waals surface area contributed by atoms with E-state index < -0.39 is 0 Å². The Morgan fingerprint density at radius 2 is 2.17 bits per heavy atom.